The molecule has 7 heteroatoms. The predicted molar refractivity (Wildman–Crippen MR) is 107 cm³/mol. The summed E-state index contributed by atoms with van der Waals surface area (Å²) >= 11 is 13.9. The lowest BCUT2D eigenvalue weighted by Crippen LogP contribution is -2.16. The van der Waals surface area contributed by atoms with Gasteiger partial charge in [0.2, 0.25) is 0 Å². The molecule has 0 radical (unpaired) electrons. The minimum Gasteiger partial charge on any atom is -0.359 e. The van der Waals surface area contributed by atoms with Crippen LogP contribution < -0.4 is 0 Å². The lowest BCUT2D eigenvalue weighted by molar-refractivity contribution is 0.267. The molecule has 0 spiro atoms. The SMILES string of the molecule is CN(Cc1cc(-c2ccc(Cl)cc2Cl)no1)Cc1nc2ccccc2s1. The van der Waals surface area contributed by atoms with E-state index in [2.05, 4.69) is 21.1 Å². The Kier molecular flexibility index (Phi) is 4.96. The van der Waals surface area contributed by atoms with Crippen LogP contribution in [0, 0.1) is 0 Å². The molecule has 2 aromatic heterocycles. The Morgan fingerprint density at radius 1 is 1.08 bits per heavy atom. The van der Waals surface area contributed by atoms with Gasteiger partial charge in [-0.3, -0.25) is 4.90 Å². The van der Waals surface area contributed by atoms with E-state index in [1.54, 1.807) is 23.5 Å². The number of hydrogen-bond donors (Lipinski definition) is 0. The van der Waals surface area contributed by atoms with Crippen LogP contribution in [0.25, 0.3) is 21.5 Å². The highest BCUT2D eigenvalue weighted by molar-refractivity contribution is 7.18. The Balaban J connectivity index is 1.46. The summed E-state index contributed by atoms with van der Waals surface area (Å²) in [6, 6.07) is 15.4. The van der Waals surface area contributed by atoms with Gasteiger partial charge in [0.15, 0.2) is 5.76 Å². The summed E-state index contributed by atoms with van der Waals surface area (Å²) < 4.78 is 6.68. The number of fused-ring (bicyclic) bond motifs is 1. The van der Waals surface area contributed by atoms with E-state index in [0.29, 0.717) is 22.3 Å². The van der Waals surface area contributed by atoms with Gasteiger partial charge in [0.05, 0.1) is 28.3 Å². The van der Waals surface area contributed by atoms with Crippen molar-refractivity contribution in [2.75, 3.05) is 7.05 Å². The molecule has 132 valence electrons. The number of halogens is 2. The Bertz CT molecular complexity index is 1030. The maximum atomic E-state index is 6.24. The van der Waals surface area contributed by atoms with Gasteiger partial charge in [-0.15, -0.1) is 11.3 Å². The highest BCUT2D eigenvalue weighted by atomic mass is 35.5. The molecule has 4 nitrogen and oxygen atoms in total. The molecule has 0 saturated carbocycles. The van der Waals surface area contributed by atoms with E-state index in [1.165, 1.54) is 4.70 Å². The molecule has 0 N–H and O–H groups in total. The highest BCUT2D eigenvalue weighted by Gasteiger charge is 2.13. The Hall–Kier alpha value is -1.92. The molecule has 2 aromatic carbocycles. The van der Waals surface area contributed by atoms with E-state index in [1.807, 2.05) is 37.4 Å². The fraction of sp³-hybridized carbons (Fsp3) is 0.158. The minimum atomic E-state index is 0.556. The molecule has 0 aliphatic rings. The second-order valence-electron chi connectivity index (χ2n) is 6.05. The van der Waals surface area contributed by atoms with E-state index in [4.69, 9.17) is 27.7 Å². The Morgan fingerprint density at radius 2 is 1.92 bits per heavy atom. The Labute approximate surface area is 165 Å². The summed E-state index contributed by atoms with van der Waals surface area (Å²) in [5.41, 5.74) is 2.55. The second kappa shape index (κ2) is 7.37. The summed E-state index contributed by atoms with van der Waals surface area (Å²) in [5, 5.41) is 6.36. The normalized spacial score (nSPS) is 11.5. The van der Waals surface area contributed by atoms with Gasteiger partial charge in [-0.2, -0.15) is 0 Å². The van der Waals surface area contributed by atoms with E-state index < -0.39 is 0 Å². The van der Waals surface area contributed by atoms with Crippen LogP contribution in [0.2, 0.25) is 10.0 Å². The molecule has 4 aromatic rings. The van der Waals surface area contributed by atoms with Crippen molar-refractivity contribution in [2.45, 2.75) is 13.1 Å². The summed E-state index contributed by atoms with van der Waals surface area (Å²) in [4.78, 5) is 6.81. The summed E-state index contributed by atoms with van der Waals surface area (Å²) in [6.07, 6.45) is 0. The molecule has 2 heterocycles. The number of hydrogen-bond acceptors (Lipinski definition) is 5. The monoisotopic (exact) mass is 403 g/mol. The number of rotatable bonds is 5. The van der Waals surface area contributed by atoms with Crippen LogP contribution in [0.15, 0.2) is 53.1 Å². The molecule has 0 aliphatic carbocycles. The zero-order valence-electron chi connectivity index (χ0n) is 13.9. The van der Waals surface area contributed by atoms with E-state index in [9.17, 15) is 0 Å². The third kappa shape index (κ3) is 3.76. The van der Waals surface area contributed by atoms with Gasteiger partial charge in [0.25, 0.3) is 0 Å². The third-order valence-corrected chi connectivity index (χ3v) is 5.50. The van der Waals surface area contributed by atoms with Gasteiger partial charge in [-0.05, 0) is 37.4 Å². The van der Waals surface area contributed by atoms with E-state index in [-0.39, 0.29) is 0 Å². The molecule has 0 saturated heterocycles. The summed E-state index contributed by atoms with van der Waals surface area (Å²) in [6.45, 7) is 1.38. The van der Waals surface area contributed by atoms with Crippen LogP contribution in [0.1, 0.15) is 10.8 Å². The van der Waals surface area contributed by atoms with Crippen molar-refractivity contribution in [3.8, 4) is 11.3 Å². The number of benzene rings is 2. The number of aromatic nitrogens is 2. The summed E-state index contributed by atoms with van der Waals surface area (Å²) in [5.74, 6) is 0.773. The lowest BCUT2D eigenvalue weighted by atomic mass is 10.1. The van der Waals surface area contributed by atoms with Crippen molar-refractivity contribution < 1.29 is 4.52 Å². The third-order valence-electron chi connectivity index (χ3n) is 3.94. The predicted octanol–water partition coefficient (Wildman–Crippen LogP) is 5.89. The first-order valence-corrected chi connectivity index (χ1v) is 9.60. The maximum Gasteiger partial charge on any atom is 0.151 e. The summed E-state index contributed by atoms with van der Waals surface area (Å²) in [7, 11) is 2.03. The van der Waals surface area contributed by atoms with Crippen molar-refractivity contribution in [1.82, 2.24) is 15.0 Å². The molecule has 0 bridgehead atoms. The van der Waals surface area contributed by atoms with E-state index >= 15 is 0 Å². The van der Waals surface area contributed by atoms with Crippen molar-refractivity contribution in [3.63, 3.8) is 0 Å². The average Bonchev–Trinajstić information content (AvgIpc) is 3.20. The topological polar surface area (TPSA) is 42.2 Å². The van der Waals surface area contributed by atoms with E-state index in [0.717, 1.165) is 28.4 Å². The van der Waals surface area contributed by atoms with Crippen molar-refractivity contribution in [1.29, 1.82) is 0 Å². The first-order chi connectivity index (χ1) is 12.6. The molecule has 26 heavy (non-hydrogen) atoms. The minimum absolute atomic E-state index is 0.556. The van der Waals surface area contributed by atoms with Gasteiger partial charge in [0, 0.05) is 16.7 Å². The average molecular weight is 404 g/mol. The first kappa shape index (κ1) is 17.5. The highest BCUT2D eigenvalue weighted by Crippen LogP contribution is 2.30. The smallest absolute Gasteiger partial charge is 0.151 e. The van der Waals surface area contributed by atoms with Crippen LogP contribution in [-0.4, -0.2) is 22.1 Å². The largest absolute Gasteiger partial charge is 0.359 e. The zero-order chi connectivity index (χ0) is 18.1. The van der Waals surface area contributed by atoms with Crippen LogP contribution in [-0.2, 0) is 13.1 Å². The molecule has 0 unspecified atom stereocenters. The molecule has 0 amide bonds. The van der Waals surface area contributed by atoms with Gasteiger partial charge >= 0.3 is 0 Å². The standard InChI is InChI=1S/C19H15Cl2N3OS/c1-24(11-19-22-16-4-2-3-5-18(16)26-19)10-13-9-17(23-25-13)14-7-6-12(20)8-15(14)21/h2-9H,10-11H2,1H3. The fourth-order valence-electron chi connectivity index (χ4n) is 2.75. The fourth-order valence-corrected chi connectivity index (χ4v) is 4.30. The van der Waals surface area contributed by atoms with Gasteiger partial charge in [-0.25, -0.2) is 4.98 Å². The van der Waals surface area contributed by atoms with Gasteiger partial charge in [0.1, 0.15) is 10.7 Å². The van der Waals surface area contributed by atoms with Crippen LogP contribution in [0.3, 0.4) is 0 Å². The molecule has 0 aliphatic heterocycles. The van der Waals surface area contributed by atoms with Gasteiger partial charge < -0.3 is 4.52 Å². The quantitative estimate of drug-likeness (QED) is 0.416. The molecule has 0 atom stereocenters. The van der Waals surface area contributed by atoms with Crippen LogP contribution in [0.5, 0.6) is 0 Å². The zero-order valence-corrected chi connectivity index (χ0v) is 16.3. The van der Waals surface area contributed by atoms with Crippen molar-refractivity contribution >= 4 is 44.8 Å². The maximum absolute atomic E-state index is 6.24. The Morgan fingerprint density at radius 3 is 2.73 bits per heavy atom. The van der Waals surface area contributed by atoms with Gasteiger partial charge in [-0.1, -0.05) is 40.5 Å². The van der Waals surface area contributed by atoms with Crippen LogP contribution in [0.4, 0.5) is 0 Å². The van der Waals surface area contributed by atoms with Crippen molar-refractivity contribution in [2.24, 2.45) is 0 Å². The van der Waals surface area contributed by atoms with Crippen molar-refractivity contribution in [3.05, 3.63) is 69.3 Å². The molecule has 4 rings (SSSR count). The molecule has 0 fully saturated rings. The molecular weight excluding hydrogens is 389 g/mol. The second-order valence-corrected chi connectivity index (χ2v) is 8.01. The number of thiazole rings is 1. The number of para-hydroxylation sites is 1. The first-order valence-electron chi connectivity index (χ1n) is 8.02. The molecular formula is C19H15Cl2N3OS. The number of nitrogens with zero attached hydrogens (tertiary/aromatic N) is 3. The lowest BCUT2D eigenvalue weighted by Gasteiger charge is -2.12. The van der Waals surface area contributed by atoms with Crippen LogP contribution >= 0.6 is 34.5 Å².